The Morgan fingerprint density at radius 1 is 0.879 bits per heavy atom. The van der Waals surface area contributed by atoms with Gasteiger partial charge >= 0.3 is 0 Å². The van der Waals surface area contributed by atoms with Crippen molar-refractivity contribution >= 4 is 23.4 Å². The van der Waals surface area contributed by atoms with Crippen LogP contribution < -0.4 is 4.90 Å². The molecular weight excluding hydrogens is 418 g/mol. The molecular formula is C26H19N3O4. The molecule has 0 spiro atoms. The van der Waals surface area contributed by atoms with E-state index in [-0.39, 0.29) is 30.5 Å². The lowest BCUT2D eigenvalue weighted by Crippen LogP contribution is -2.30. The SMILES string of the molecule is O=C1c2ccc(C(=O)N(Cc3ccco3)c3ccncc3)cc2C(=O)N1Cc1ccccc1. The molecule has 0 bridgehead atoms. The van der Waals surface area contributed by atoms with Crippen molar-refractivity contribution in [2.45, 2.75) is 13.1 Å². The number of imide groups is 1. The third kappa shape index (κ3) is 3.92. The monoisotopic (exact) mass is 437 g/mol. The van der Waals surface area contributed by atoms with E-state index >= 15 is 0 Å². The third-order valence-corrected chi connectivity index (χ3v) is 5.51. The molecule has 0 saturated carbocycles. The first-order valence-corrected chi connectivity index (χ1v) is 10.4. The fourth-order valence-corrected chi connectivity index (χ4v) is 3.85. The Morgan fingerprint density at radius 2 is 1.64 bits per heavy atom. The number of rotatable bonds is 6. The number of aromatic nitrogens is 1. The Kier molecular flexibility index (Phi) is 5.28. The van der Waals surface area contributed by atoms with E-state index in [2.05, 4.69) is 4.98 Å². The molecule has 7 nitrogen and oxygen atoms in total. The number of fused-ring (bicyclic) bond motifs is 1. The molecule has 162 valence electrons. The highest BCUT2D eigenvalue weighted by Crippen LogP contribution is 2.27. The predicted octanol–water partition coefficient (Wildman–Crippen LogP) is 4.32. The van der Waals surface area contributed by atoms with E-state index in [1.165, 1.54) is 11.0 Å². The van der Waals surface area contributed by atoms with Crippen molar-refractivity contribution in [3.05, 3.63) is 119 Å². The maximum atomic E-state index is 13.5. The van der Waals surface area contributed by atoms with Crippen LogP contribution in [0.5, 0.6) is 0 Å². The van der Waals surface area contributed by atoms with Crippen LogP contribution in [0.25, 0.3) is 0 Å². The molecule has 0 atom stereocenters. The average molecular weight is 437 g/mol. The van der Waals surface area contributed by atoms with E-state index in [0.29, 0.717) is 22.6 Å². The highest BCUT2D eigenvalue weighted by atomic mass is 16.3. The van der Waals surface area contributed by atoms with Gasteiger partial charge < -0.3 is 9.32 Å². The van der Waals surface area contributed by atoms with Crippen molar-refractivity contribution in [3.63, 3.8) is 0 Å². The van der Waals surface area contributed by atoms with Gasteiger partial charge in [-0.25, -0.2) is 0 Å². The smallest absolute Gasteiger partial charge is 0.261 e. The molecule has 0 saturated heterocycles. The summed E-state index contributed by atoms with van der Waals surface area (Å²) < 4.78 is 5.43. The first kappa shape index (κ1) is 20.4. The number of hydrogen-bond donors (Lipinski definition) is 0. The molecule has 0 N–H and O–H groups in total. The second-order valence-electron chi connectivity index (χ2n) is 7.62. The van der Waals surface area contributed by atoms with Crippen LogP contribution in [-0.2, 0) is 13.1 Å². The molecule has 3 heterocycles. The van der Waals surface area contributed by atoms with Crippen LogP contribution in [0.2, 0.25) is 0 Å². The second-order valence-corrected chi connectivity index (χ2v) is 7.62. The molecule has 5 rings (SSSR count). The number of pyridine rings is 1. The summed E-state index contributed by atoms with van der Waals surface area (Å²) in [6.45, 7) is 0.387. The largest absolute Gasteiger partial charge is 0.467 e. The van der Waals surface area contributed by atoms with Crippen LogP contribution in [0.1, 0.15) is 42.4 Å². The van der Waals surface area contributed by atoms with Crippen molar-refractivity contribution in [2.75, 3.05) is 4.90 Å². The molecule has 4 aromatic rings. The zero-order chi connectivity index (χ0) is 22.8. The standard InChI is InChI=1S/C26H19N3O4/c30-24(28(17-21-7-4-14-33-21)20-10-12-27-13-11-20)19-8-9-22-23(15-19)26(32)29(25(22)31)16-18-5-2-1-3-6-18/h1-15H,16-17H2. The van der Waals surface area contributed by atoms with E-state index in [4.69, 9.17) is 4.42 Å². The van der Waals surface area contributed by atoms with Gasteiger partial charge in [0.25, 0.3) is 17.7 Å². The van der Waals surface area contributed by atoms with Crippen molar-refractivity contribution in [1.82, 2.24) is 9.88 Å². The minimum absolute atomic E-state index is 0.179. The van der Waals surface area contributed by atoms with Crippen molar-refractivity contribution in [2.24, 2.45) is 0 Å². The highest BCUT2D eigenvalue weighted by molar-refractivity contribution is 6.22. The lowest BCUT2D eigenvalue weighted by Gasteiger charge is -2.22. The number of hydrogen-bond acceptors (Lipinski definition) is 5. The summed E-state index contributed by atoms with van der Waals surface area (Å²) in [5.74, 6) is -0.474. The summed E-state index contributed by atoms with van der Waals surface area (Å²) >= 11 is 0. The Hall–Kier alpha value is -4.52. The van der Waals surface area contributed by atoms with Gasteiger partial charge in [-0.15, -0.1) is 0 Å². The zero-order valence-corrected chi connectivity index (χ0v) is 17.5. The Balaban J connectivity index is 1.45. The zero-order valence-electron chi connectivity index (χ0n) is 17.5. The van der Waals surface area contributed by atoms with Crippen LogP contribution in [-0.4, -0.2) is 27.6 Å². The lowest BCUT2D eigenvalue weighted by atomic mass is 10.0. The Bertz CT molecular complexity index is 1320. The molecule has 0 fully saturated rings. The van der Waals surface area contributed by atoms with Crippen LogP contribution >= 0.6 is 0 Å². The van der Waals surface area contributed by atoms with E-state index in [1.54, 1.807) is 60.0 Å². The molecule has 7 heteroatoms. The lowest BCUT2D eigenvalue weighted by molar-refractivity contribution is 0.0642. The molecule has 2 aromatic carbocycles. The number of amides is 3. The predicted molar refractivity (Wildman–Crippen MR) is 121 cm³/mol. The topological polar surface area (TPSA) is 83.7 Å². The van der Waals surface area contributed by atoms with Crippen LogP contribution in [0, 0.1) is 0 Å². The molecule has 2 aromatic heterocycles. The summed E-state index contributed by atoms with van der Waals surface area (Å²) in [5, 5.41) is 0. The first-order valence-electron chi connectivity index (χ1n) is 10.4. The second kappa shape index (κ2) is 8.55. The molecule has 33 heavy (non-hydrogen) atoms. The van der Waals surface area contributed by atoms with Crippen LogP contribution in [0.15, 0.2) is 95.9 Å². The average Bonchev–Trinajstić information content (AvgIpc) is 3.46. The van der Waals surface area contributed by atoms with Gasteiger partial charge in [-0.3, -0.25) is 24.3 Å². The van der Waals surface area contributed by atoms with Gasteiger partial charge in [0.05, 0.1) is 30.5 Å². The highest BCUT2D eigenvalue weighted by Gasteiger charge is 2.36. The number of nitrogens with zero attached hydrogens (tertiary/aromatic N) is 3. The van der Waals surface area contributed by atoms with E-state index in [1.807, 2.05) is 30.3 Å². The maximum absolute atomic E-state index is 13.5. The Morgan fingerprint density at radius 3 is 2.36 bits per heavy atom. The minimum atomic E-state index is -0.407. The van der Waals surface area contributed by atoms with E-state index < -0.39 is 5.91 Å². The van der Waals surface area contributed by atoms with Crippen molar-refractivity contribution in [3.8, 4) is 0 Å². The van der Waals surface area contributed by atoms with Crippen LogP contribution in [0.4, 0.5) is 5.69 Å². The molecule has 3 amide bonds. The molecule has 0 radical (unpaired) electrons. The summed E-state index contributed by atoms with van der Waals surface area (Å²) in [6.07, 6.45) is 4.75. The minimum Gasteiger partial charge on any atom is -0.467 e. The number of carbonyl (C=O) groups is 3. The summed E-state index contributed by atoms with van der Waals surface area (Å²) in [4.78, 5) is 46.1. The molecule has 1 aliphatic heterocycles. The van der Waals surface area contributed by atoms with Gasteiger partial charge in [0, 0.05) is 23.6 Å². The van der Waals surface area contributed by atoms with Gasteiger partial charge in [0.1, 0.15) is 5.76 Å². The van der Waals surface area contributed by atoms with Gasteiger partial charge in [-0.2, -0.15) is 0 Å². The fraction of sp³-hybridized carbons (Fsp3) is 0.0769. The first-order chi connectivity index (χ1) is 16.1. The van der Waals surface area contributed by atoms with E-state index in [9.17, 15) is 14.4 Å². The van der Waals surface area contributed by atoms with Crippen molar-refractivity contribution < 1.29 is 18.8 Å². The molecule has 0 unspecified atom stereocenters. The normalized spacial score (nSPS) is 12.7. The molecule has 1 aliphatic rings. The summed E-state index contributed by atoms with van der Waals surface area (Å²) in [6, 6.07) is 20.9. The fourth-order valence-electron chi connectivity index (χ4n) is 3.85. The van der Waals surface area contributed by atoms with Crippen molar-refractivity contribution in [1.29, 1.82) is 0 Å². The maximum Gasteiger partial charge on any atom is 0.261 e. The van der Waals surface area contributed by atoms with Gasteiger partial charge in [0.15, 0.2) is 0 Å². The number of carbonyl (C=O) groups excluding carboxylic acids is 3. The van der Waals surface area contributed by atoms with Gasteiger partial charge in [0.2, 0.25) is 0 Å². The van der Waals surface area contributed by atoms with Crippen LogP contribution in [0.3, 0.4) is 0 Å². The van der Waals surface area contributed by atoms with Gasteiger partial charge in [-0.1, -0.05) is 30.3 Å². The number of benzene rings is 2. The number of anilines is 1. The Labute approximate surface area is 189 Å². The summed E-state index contributed by atoms with van der Waals surface area (Å²) in [5.41, 5.74) is 2.33. The number of furan rings is 1. The quantitative estimate of drug-likeness (QED) is 0.420. The summed E-state index contributed by atoms with van der Waals surface area (Å²) in [7, 11) is 0. The molecule has 0 aliphatic carbocycles. The third-order valence-electron chi connectivity index (χ3n) is 5.51. The van der Waals surface area contributed by atoms with Gasteiger partial charge in [-0.05, 0) is 48.0 Å². The van der Waals surface area contributed by atoms with E-state index in [0.717, 1.165) is 5.56 Å².